The molecule has 0 bridgehead atoms. The Balaban J connectivity index is 3.53. The molecular weight excluding hydrogens is 222 g/mol. The van der Waals surface area contributed by atoms with E-state index in [-0.39, 0.29) is 6.61 Å². The average molecular weight is 247 g/mol. The van der Waals surface area contributed by atoms with E-state index in [4.69, 9.17) is 20.7 Å². The van der Waals surface area contributed by atoms with Crippen molar-refractivity contribution in [1.29, 1.82) is 0 Å². The summed E-state index contributed by atoms with van der Waals surface area (Å²) in [6.07, 6.45) is 5.15. The highest BCUT2D eigenvalue weighted by atomic mass is 16.5. The van der Waals surface area contributed by atoms with Crippen LogP contribution in [0.4, 0.5) is 0 Å². The minimum atomic E-state index is -1.02. The summed E-state index contributed by atoms with van der Waals surface area (Å²) >= 11 is 0. The fourth-order valence-electron chi connectivity index (χ4n) is 1.42. The quantitative estimate of drug-likeness (QED) is 0.388. The second-order valence-corrected chi connectivity index (χ2v) is 4.28. The highest BCUT2D eigenvalue weighted by Crippen LogP contribution is 2.07. The fourth-order valence-corrected chi connectivity index (χ4v) is 1.42. The van der Waals surface area contributed by atoms with Gasteiger partial charge in [-0.2, -0.15) is 0 Å². The Bertz CT molecular complexity index is 199. The Kier molecular flexibility index (Phi) is 10.1. The van der Waals surface area contributed by atoms with Crippen molar-refractivity contribution >= 4 is 5.97 Å². The highest BCUT2D eigenvalue weighted by molar-refractivity contribution is 5.75. The minimum absolute atomic E-state index is 0.196. The van der Waals surface area contributed by atoms with Crippen LogP contribution in [0.15, 0.2) is 0 Å². The van der Waals surface area contributed by atoms with Gasteiger partial charge in [0.15, 0.2) is 0 Å². The SMILES string of the molecule is CCCCCCCC(N)C(=O)OCC(O)CO. The molecular formula is C12H25NO4. The lowest BCUT2D eigenvalue weighted by molar-refractivity contribution is -0.149. The van der Waals surface area contributed by atoms with Crippen molar-refractivity contribution in [1.82, 2.24) is 0 Å². The molecule has 0 aromatic carbocycles. The van der Waals surface area contributed by atoms with E-state index in [0.717, 1.165) is 12.8 Å². The Morgan fingerprint density at radius 2 is 1.94 bits per heavy atom. The second kappa shape index (κ2) is 10.5. The number of nitrogens with two attached hydrogens (primary N) is 1. The molecule has 0 saturated heterocycles. The topological polar surface area (TPSA) is 92.8 Å². The van der Waals surface area contributed by atoms with Crippen LogP contribution in [-0.4, -0.2) is 41.5 Å². The third-order valence-electron chi connectivity index (χ3n) is 2.55. The van der Waals surface area contributed by atoms with E-state index in [1.54, 1.807) is 0 Å². The van der Waals surface area contributed by atoms with Crippen LogP contribution < -0.4 is 5.73 Å². The monoisotopic (exact) mass is 247 g/mol. The molecule has 5 heteroatoms. The van der Waals surface area contributed by atoms with Crippen molar-refractivity contribution in [3.05, 3.63) is 0 Å². The smallest absolute Gasteiger partial charge is 0.322 e. The summed E-state index contributed by atoms with van der Waals surface area (Å²) in [5, 5.41) is 17.5. The zero-order valence-corrected chi connectivity index (χ0v) is 10.6. The van der Waals surface area contributed by atoms with Gasteiger partial charge in [-0.25, -0.2) is 0 Å². The van der Waals surface area contributed by atoms with Gasteiger partial charge >= 0.3 is 5.97 Å². The summed E-state index contributed by atoms with van der Waals surface area (Å²) in [7, 11) is 0. The zero-order valence-electron chi connectivity index (χ0n) is 10.6. The van der Waals surface area contributed by atoms with Crippen molar-refractivity contribution in [3.63, 3.8) is 0 Å². The van der Waals surface area contributed by atoms with Crippen molar-refractivity contribution in [3.8, 4) is 0 Å². The summed E-state index contributed by atoms with van der Waals surface area (Å²) in [6, 6.07) is -0.623. The zero-order chi connectivity index (χ0) is 13.1. The summed E-state index contributed by atoms with van der Waals surface area (Å²) in [6.45, 7) is 1.54. The van der Waals surface area contributed by atoms with Crippen molar-refractivity contribution in [2.75, 3.05) is 13.2 Å². The largest absolute Gasteiger partial charge is 0.462 e. The van der Waals surface area contributed by atoms with Crippen LogP contribution in [0.1, 0.15) is 45.4 Å². The maximum Gasteiger partial charge on any atom is 0.322 e. The van der Waals surface area contributed by atoms with Gasteiger partial charge in [-0.3, -0.25) is 4.79 Å². The first-order valence-electron chi connectivity index (χ1n) is 6.33. The number of carbonyl (C=O) groups is 1. The number of rotatable bonds is 10. The predicted molar refractivity (Wildman–Crippen MR) is 65.4 cm³/mol. The van der Waals surface area contributed by atoms with Gasteiger partial charge in [0, 0.05) is 0 Å². The molecule has 4 N–H and O–H groups in total. The molecule has 2 atom stereocenters. The van der Waals surface area contributed by atoms with E-state index in [1.165, 1.54) is 19.3 Å². The first-order chi connectivity index (χ1) is 8.11. The molecule has 2 unspecified atom stereocenters. The highest BCUT2D eigenvalue weighted by Gasteiger charge is 2.15. The van der Waals surface area contributed by atoms with Crippen LogP contribution in [0.25, 0.3) is 0 Å². The van der Waals surface area contributed by atoms with Crippen molar-refractivity contribution in [2.24, 2.45) is 5.73 Å². The maximum atomic E-state index is 11.3. The molecule has 0 amide bonds. The first-order valence-corrected chi connectivity index (χ1v) is 6.33. The Morgan fingerprint density at radius 3 is 2.53 bits per heavy atom. The number of aliphatic hydroxyl groups excluding tert-OH is 2. The minimum Gasteiger partial charge on any atom is -0.462 e. The van der Waals surface area contributed by atoms with Crippen LogP contribution in [0.3, 0.4) is 0 Å². The van der Waals surface area contributed by atoms with Crippen LogP contribution in [0, 0.1) is 0 Å². The predicted octanol–water partition coefficient (Wildman–Crippen LogP) is 0.571. The van der Waals surface area contributed by atoms with Gasteiger partial charge in [-0.15, -0.1) is 0 Å². The van der Waals surface area contributed by atoms with Crippen LogP contribution in [0.5, 0.6) is 0 Å². The molecule has 0 radical (unpaired) electrons. The van der Waals surface area contributed by atoms with Gasteiger partial charge in [-0.05, 0) is 6.42 Å². The van der Waals surface area contributed by atoms with E-state index in [2.05, 4.69) is 6.92 Å². The van der Waals surface area contributed by atoms with Gasteiger partial charge in [0.05, 0.1) is 6.61 Å². The number of hydrogen-bond donors (Lipinski definition) is 3. The molecule has 0 aromatic rings. The average Bonchev–Trinajstić information content (AvgIpc) is 2.34. The van der Waals surface area contributed by atoms with Gasteiger partial charge in [0.1, 0.15) is 18.8 Å². The number of ether oxygens (including phenoxy) is 1. The maximum absolute atomic E-state index is 11.3. The molecule has 0 spiro atoms. The molecule has 0 fully saturated rings. The Labute approximate surface area is 103 Å². The fraction of sp³-hybridized carbons (Fsp3) is 0.917. The van der Waals surface area contributed by atoms with E-state index in [0.29, 0.717) is 6.42 Å². The van der Waals surface area contributed by atoms with Crippen molar-refractivity contribution < 1.29 is 19.7 Å². The molecule has 0 aliphatic heterocycles. The summed E-state index contributed by atoms with van der Waals surface area (Å²) in [4.78, 5) is 11.3. The van der Waals surface area contributed by atoms with Crippen LogP contribution >= 0.6 is 0 Å². The lowest BCUT2D eigenvalue weighted by Crippen LogP contribution is -2.34. The Morgan fingerprint density at radius 1 is 1.29 bits per heavy atom. The number of esters is 1. The number of carbonyl (C=O) groups excluding carboxylic acids is 1. The Hall–Kier alpha value is -0.650. The van der Waals surface area contributed by atoms with E-state index in [1.807, 2.05) is 0 Å². The van der Waals surface area contributed by atoms with Gasteiger partial charge in [-0.1, -0.05) is 39.0 Å². The van der Waals surface area contributed by atoms with Gasteiger partial charge in [0.2, 0.25) is 0 Å². The van der Waals surface area contributed by atoms with E-state index in [9.17, 15) is 4.79 Å². The number of hydrogen-bond acceptors (Lipinski definition) is 5. The molecule has 17 heavy (non-hydrogen) atoms. The lowest BCUT2D eigenvalue weighted by Gasteiger charge is -2.13. The first kappa shape index (κ1) is 16.4. The van der Waals surface area contributed by atoms with Crippen LogP contribution in [0.2, 0.25) is 0 Å². The molecule has 102 valence electrons. The lowest BCUT2D eigenvalue weighted by atomic mass is 10.1. The van der Waals surface area contributed by atoms with Gasteiger partial charge in [0.25, 0.3) is 0 Å². The molecule has 0 aliphatic rings. The summed E-state index contributed by atoms with van der Waals surface area (Å²) in [5.41, 5.74) is 5.64. The summed E-state index contributed by atoms with van der Waals surface area (Å²) in [5.74, 6) is -0.506. The molecule has 0 rings (SSSR count). The van der Waals surface area contributed by atoms with E-state index >= 15 is 0 Å². The molecule has 5 nitrogen and oxygen atoms in total. The summed E-state index contributed by atoms with van der Waals surface area (Å²) < 4.78 is 4.76. The molecule has 0 aliphatic carbocycles. The second-order valence-electron chi connectivity index (χ2n) is 4.28. The van der Waals surface area contributed by atoms with Crippen LogP contribution in [-0.2, 0) is 9.53 Å². The standard InChI is InChI=1S/C12H25NO4/c1-2-3-4-5-6-7-11(13)12(16)17-9-10(15)8-14/h10-11,14-15H,2-9,13H2,1H3. The molecule has 0 heterocycles. The molecule has 0 saturated carbocycles. The number of aliphatic hydroxyl groups is 2. The van der Waals surface area contributed by atoms with Gasteiger partial charge < -0.3 is 20.7 Å². The van der Waals surface area contributed by atoms with E-state index < -0.39 is 24.7 Å². The third kappa shape index (κ3) is 9.09. The normalized spacial score (nSPS) is 14.4. The van der Waals surface area contributed by atoms with Crippen molar-refractivity contribution in [2.45, 2.75) is 57.6 Å². The number of unbranched alkanes of at least 4 members (excludes halogenated alkanes) is 4. The third-order valence-corrected chi connectivity index (χ3v) is 2.55. The molecule has 0 aromatic heterocycles.